The molecule has 1 aliphatic heterocycles. The number of nitro benzene ring substituents is 1. The maximum absolute atomic E-state index is 13.6. The van der Waals surface area contributed by atoms with Crippen molar-refractivity contribution in [1.29, 1.82) is 0 Å². The smallest absolute Gasteiger partial charge is 0.337 e. The standard InChI is InChI=1S/C25H35N3O7/c1-15-20(23(29)30)22(17-8-6-9-18(14-17)28(32)33)21(16(2)27-15)24(31)35-19(10-13-34-5)25(3,4)11-7-12-26/h6,8-9,14,19,22,27H,7,10-13,26H2,1-5H3,(H,29,30). The van der Waals surface area contributed by atoms with E-state index in [9.17, 15) is 24.8 Å². The Morgan fingerprint density at radius 1 is 1.26 bits per heavy atom. The largest absolute Gasteiger partial charge is 0.478 e. The number of aliphatic carboxylic acids is 1. The van der Waals surface area contributed by atoms with Crippen LogP contribution in [0.4, 0.5) is 5.69 Å². The SMILES string of the molecule is COCCC(OC(=O)C1=C(C)NC(C)=C(C(=O)O)C1c1cccc([N+](=O)[O-])c1)C(C)(C)CCCN. The highest BCUT2D eigenvalue weighted by atomic mass is 16.6. The Balaban J connectivity index is 2.55. The summed E-state index contributed by atoms with van der Waals surface area (Å²) in [5.74, 6) is -2.96. The van der Waals surface area contributed by atoms with Crippen molar-refractivity contribution >= 4 is 17.6 Å². The summed E-state index contributed by atoms with van der Waals surface area (Å²) in [5, 5.41) is 24.3. The fraction of sp³-hybridized carbons (Fsp3) is 0.520. The molecular weight excluding hydrogens is 454 g/mol. The van der Waals surface area contributed by atoms with Gasteiger partial charge in [-0.3, -0.25) is 10.1 Å². The quantitative estimate of drug-likeness (QED) is 0.227. The first-order chi connectivity index (χ1) is 16.4. The van der Waals surface area contributed by atoms with Crippen molar-refractivity contribution in [1.82, 2.24) is 5.32 Å². The average Bonchev–Trinajstić information content (AvgIpc) is 2.79. The molecule has 0 saturated carbocycles. The van der Waals surface area contributed by atoms with E-state index >= 15 is 0 Å². The zero-order chi connectivity index (χ0) is 26.3. The van der Waals surface area contributed by atoms with Gasteiger partial charge in [-0.05, 0) is 38.8 Å². The summed E-state index contributed by atoms with van der Waals surface area (Å²) < 4.78 is 11.2. The number of ether oxygens (including phenoxy) is 2. The molecule has 0 aromatic heterocycles. The molecule has 10 nitrogen and oxygen atoms in total. The monoisotopic (exact) mass is 489 g/mol. The second-order valence-corrected chi connectivity index (χ2v) is 9.35. The number of carboxylic acid groups (broad SMARTS) is 1. The van der Waals surface area contributed by atoms with Gasteiger partial charge in [0, 0.05) is 49.1 Å². The van der Waals surface area contributed by atoms with Crippen LogP contribution in [0.5, 0.6) is 0 Å². The molecule has 2 unspecified atom stereocenters. The molecular formula is C25H35N3O7. The van der Waals surface area contributed by atoms with E-state index in [2.05, 4.69) is 5.32 Å². The number of non-ortho nitro benzene ring substituents is 1. The van der Waals surface area contributed by atoms with Crippen molar-refractivity contribution in [2.24, 2.45) is 11.1 Å². The third kappa shape index (κ3) is 6.67. The molecule has 0 fully saturated rings. The highest BCUT2D eigenvalue weighted by Gasteiger charge is 2.40. The number of nitro groups is 1. The molecule has 0 bridgehead atoms. The van der Waals surface area contributed by atoms with E-state index in [0.29, 0.717) is 36.5 Å². The zero-order valence-electron chi connectivity index (χ0n) is 20.9. The molecule has 4 N–H and O–H groups in total. The molecule has 1 heterocycles. The highest BCUT2D eigenvalue weighted by Crippen LogP contribution is 2.41. The summed E-state index contributed by atoms with van der Waals surface area (Å²) in [6, 6.07) is 5.66. The molecule has 2 atom stereocenters. The number of hydrogen-bond acceptors (Lipinski definition) is 8. The number of carbonyl (C=O) groups excluding carboxylic acids is 1. The van der Waals surface area contributed by atoms with Gasteiger partial charge in [0.2, 0.25) is 0 Å². The number of esters is 1. The number of hydrogen-bond donors (Lipinski definition) is 3. The molecule has 1 aromatic rings. The van der Waals surface area contributed by atoms with Gasteiger partial charge < -0.3 is 25.6 Å². The second-order valence-electron chi connectivity index (χ2n) is 9.35. The Labute approximate surface area is 205 Å². The summed E-state index contributed by atoms with van der Waals surface area (Å²) in [7, 11) is 1.56. The number of carboxylic acids is 1. The first-order valence-electron chi connectivity index (χ1n) is 11.5. The summed E-state index contributed by atoms with van der Waals surface area (Å²) in [6.07, 6.45) is 1.39. The molecule has 0 spiro atoms. The van der Waals surface area contributed by atoms with E-state index in [1.54, 1.807) is 27.0 Å². The van der Waals surface area contributed by atoms with Crippen LogP contribution in [-0.2, 0) is 19.1 Å². The topological polar surface area (TPSA) is 154 Å². The molecule has 2 rings (SSSR count). The summed E-state index contributed by atoms with van der Waals surface area (Å²) in [5.41, 5.74) is 6.21. The Bertz CT molecular complexity index is 1030. The molecule has 192 valence electrons. The van der Waals surface area contributed by atoms with Gasteiger partial charge in [0.25, 0.3) is 5.69 Å². The fourth-order valence-electron chi connectivity index (χ4n) is 4.44. The lowest BCUT2D eigenvalue weighted by molar-refractivity contribution is -0.384. The van der Waals surface area contributed by atoms with Crippen molar-refractivity contribution in [2.45, 2.75) is 59.0 Å². The van der Waals surface area contributed by atoms with Crippen LogP contribution in [0.3, 0.4) is 0 Å². The van der Waals surface area contributed by atoms with E-state index < -0.39 is 34.3 Å². The van der Waals surface area contributed by atoms with Crippen molar-refractivity contribution in [3.8, 4) is 0 Å². The minimum absolute atomic E-state index is 0.0705. The summed E-state index contributed by atoms with van der Waals surface area (Å²) >= 11 is 0. The van der Waals surface area contributed by atoms with Crippen LogP contribution in [-0.4, -0.2) is 48.3 Å². The minimum Gasteiger partial charge on any atom is -0.478 e. The highest BCUT2D eigenvalue weighted by molar-refractivity contribution is 5.99. The number of rotatable bonds is 12. The van der Waals surface area contributed by atoms with Crippen LogP contribution >= 0.6 is 0 Å². The van der Waals surface area contributed by atoms with E-state index in [-0.39, 0.29) is 16.8 Å². The van der Waals surface area contributed by atoms with Gasteiger partial charge in [-0.25, -0.2) is 9.59 Å². The minimum atomic E-state index is -1.23. The normalized spacial score (nSPS) is 17.1. The molecule has 10 heteroatoms. The fourth-order valence-corrected chi connectivity index (χ4v) is 4.44. The number of nitrogens with one attached hydrogen (secondary N) is 1. The van der Waals surface area contributed by atoms with Gasteiger partial charge in [-0.15, -0.1) is 0 Å². The van der Waals surface area contributed by atoms with E-state index in [0.717, 1.165) is 12.8 Å². The third-order valence-corrected chi connectivity index (χ3v) is 6.36. The number of methoxy groups -OCH3 is 1. The summed E-state index contributed by atoms with van der Waals surface area (Å²) in [6.45, 7) is 8.10. The summed E-state index contributed by atoms with van der Waals surface area (Å²) in [4.78, 5) is 36.7. The van der Waals surface area contributed by atoms with Gasteiger partial charge in [0.15, 0.2) is 0 Å². The van der Waals surface area contributed by atoms with Crippen molar-refractivity contribution in [2.75, 3.05) is 20.3 Å². The number of dihydropyridines is 1. The van der Waals surface area contributed by atoms with Gasteiger partial charge in [0.05, 0.1) is 22.0 Å². The Morgan fingerprint density at radius 2 is 1.91 bits per heavy atom. The maximum Gasteiger partial charge on any atom is 0.337 e. The molecule has 0 amide bonds. The van der Waals surface area contributed by atoms with Crippen LogP contribution in [0, 0.1) is 15.5 Å². The molecule has 35 heavy (non-hydrogen) atoms. The van der Waals surface area contributed by atoms with Gasteiger partial charge in [-0.2, -0.15) is 0 Å². The van der Waals surface area contributed by atoms with E-state index in [4.69, 9.17) is 15.2 Å². The predicted octanol–water partition coefficient (Wildman–Crippen LogP) is 3.63. The number of carbonyl (C=O) groups is 2. The van der Waals surface area contributed by atoms with E-state index in [1.807, 2.05) is 13.8 Å². The molecule has 0 radical (unpaired) electrons. The number of benzene rings is 1. The number of nitrogens with zero attached hydrogens (tertiary/aromatic N) is 1. The Hall–Kier alpha value is -3.24. The number of allylic oxidation sites excluding steroid dienone is 2. The lowest BCUT2D eigenvalue weighted by atomic mass is 9.79. The first kappa shape index (κ1) is 28.0. The van der Waals surface area contributed by atoms with Crippen molar-refractivity contribution in [3.05, 3.63) is 62.5 Å². The second kappa shape index (κ2) is 11.9. The van der Waals surface area contributed by atoms with Crippen molar-refractivity contribution in [3.63, 3.8) is 0 Å². The molecule has 0 aliphatic carbocycles. The predicted molar refractivity (Wildman–Crippen MR) is 130 cm³/mol. The van der Waals surface area contributed by atoms with Crippen LogP contribution in [0.15, 0.2) is 46.8 Å². The lowest BCUT2D eigenvalue weighted by Crippen LogP contribution is -2.38. The average molecular weight is 490 g/mol. The Morgan fingerprint density at radius 3 is 2.49 bits per heavy atom. The van der Waals surface area contributed by atoms with Gasteiger partial charge in [0.1, 0.15) is 6.10 Å². The van der Waals surface area contributed by atoms with Crippen LogP contribution < -0.4 is 11.1 Å². The van der Waals surface area contributed by atoms with Gasteiger partial charge >= 0.3 is 11.9 Å². The molecule has 1 aliphatic rings. The number of nitrogens with two attached hydrogens (primary N) is 1. The van der Waals surface area contributed by atoms with Crippen LogP contribution in [0.2, 0.25) is 0 Å². The molecule has 0 saturated heterocycles. The lowest BCUT2D eigenvalue weighted by Gasteiger charge is -2.36. The molecule has 1 aromatic carbocycles. The van der Waals surface area contributed by atoms with E-state index in [1.165, 1.54) is 18.2 Å². The Kier molecular flexibility index (Phi) is 9.55. The van der Waals surface area contributed by atoms with Gasteiger partial charge in [-0.1, -0.05) is 26.0 Å². The zero-order valence-corrected chi connectivity index (χ0v) is 20.9. The van der Waals surface area contributed by atoms with Crippen molar-refractivity contribution < 1.29 is 29.1 Å². The first-order valence-corrected chi connectivity index (χ1v) is 11.5. The maximum atomic E-state index is 13.6. The third-order valence-electron chi connectivity index (χ3n) is 6.36. The van der Waals surface area contributed by atoms with Crippen LogP contribution in [0.1, 0.15) is 58.4 Å². The van der Waals surface area contributed by atoms with Crippen LogP contribution in [0.25, 0.3) is 0 Å².